The molecule has 2 heterocycles. The molecule has 0 unspecified atom stereocenters. The van der Waals surface area contributed by atoms with Gasteiger partial charge in [-0.05, 0) is 37.1 Å². The topological polar surface area (TPSA) is 93.6 Å². The zero-order chi connectivity index (χ0) is 16.9. The Morgan fingerprint density at radius 1 is 1.42 bits per heavy atom. The fourth-order valence-electron chi connectivity index (χ4n) is 2.60. The molecular weight excluding hydrogens is 310 g/mol. The van der Waals surface area contributed by atoms with Gasteiger partial charge in [0.25, 0.3) is 0 Å². The van der Waals surface area contributed by atoms with E-state index in [1.807, 2.05) is 0 Å². The van der Waals surface area contributed by atoms with Gasteiger partial charge >= 0.3 is 5.97 Å². The molecule has 7 heteroatoms. The monoisotopic (exact) mass is 329 g/mol. The number of hydrogen-bond donors (Lipinski definition) is 2. The van der Waals surface area contributed by atoms with Crippen LogP contribution in [-0.2, 0) is 4.74 Å². The van der Waals surface area contributed by atoms with Crippen molar-refractivity contribution in [3.8, 4) is 17.0 Å². The Hall–Kier alpha value is -2.67. The molecule has 1 saturated heterocycles. The van der Waals surface area contributed by atoms with Crippen molar-refractivity contribution in [3.63, 3.8) is 0 Å². The lowest BCUT2D eigenvalue weighted by Crippen LogP contribution is -2.20. The molecule has 1 fully saturated rings. The lowest BCUT2D eigenvalue weighted by atomic mass is 10.1. The maximum atomic E-state index is 11.5. The van der Waals surface area contributed by atoms with E-state index in [1.165, 1.54) is 6.20 Å². The van der Waals surface area contributed by atoms with Crippen molar-refractivity contribution in [2.45, 2.75) is 18.9 Å². The zero-order valence-electron chi connectivity index (χ0n) is 13.4. The molecule has 1 aliphatic rings. The number of methoxy groups -OCH3 is 1. The van der Waals surface area contributed by atoms with E-state index in [1.54, 1.807) is 31.4 Å². The van der Waals surface area contributed by atoms with Gasteiger partial charge in [-0.1, -0.05) is 0 Å². The predicted molar refractivity (Wildman–Crippen MR) is 88.4 cm³/mol. The third-order valence-corrected chi connectivity index (χ3v) is 3.89. The van der Waals surface area contributed by atoms with Crippen LogP contribution in [-0.4, -0.2) is 47.4 Å². The van der Waals surface area contributed by atoms with Gasteiger partial charge in [-0.15, -0.1) is 0 Å². The van der Waals surface area contributed by atoms with Crippen LogP contribution in [0.1, 0.15) is 23.2 Å². The van der Waals surface area contributed by atoms with Gasteiger partial charge in [-0.25, -0.2) is 14.8 Å². The van der Waals surface area contributed by atoms with Crippen molar-refractivity contribution in [1.29, 1.82) is 0 Å². The first-order chi connectivity index (χ1) is 11.7. The van der Waals surface area contributed by atoms with Gasteiger partial charge in [0.1, 0.15) is 11.3 Å². The summed E-state index contributed by atoms with van der Waals surface area (Å²) in [6.45, 7) is 1.39. The van der Waals surface area contributed by atoms with Gasteiger partial charge < -0.3 is 19.9 Å². The van der Waals surface area contributed by atoms with Crippen LogP contribution in [0.4, 0.5) is 5.95 Å². The molecule has 1 aliphatic heterocycles. The summed E-state index contributed by atoms with van der Waals surface area (Å²) in [7, 11) is 1.58. The van der Waals surface area contributed by atoms with Gasteiger partial charge in [0.05, 0.1) is 18.9 Å². The molecule has 24 heavy (non-hydrogen) atoms. The van der Waals surface area contributed by atoms with Crippen LogP contribution in [0.25, 0.3) is 11.3 Å². The number of carboxylic acids is 1. The van der Waals surface area contributed by atoms with Gasteiger partial charge in [0, 0.05) is 24.9 Å². The van der Waals surface area contributed by atoms with E-state index in [0.717, 1.165) is 19.4 Å². The number of nitrogens with one attached hydrogen (secondary N) is 1. The molecule has 1 aromatic carbocycles. The summed E-state index contributed by atoms with van der Waals surface area (Å²) in [5, 5.41) is 12.5. The molecule has 7 nitrogen and oxygen atoms in total. The number of aromatic nitrogens is 2. The second-order valence-corrected chi connectivity index (χ2v) is 5.51. The van der Waals surface area contributed by atoms with Crippen LogP contribution in [0.3, 0.4) is 0 Å². The van der Waals surface area contributed by atoms with E-state index < -0.39 is 5.97 Å². The molecule has 0 radical (unpaired) electrons. The van der Waals surface area contributed by atoms with Crippen LogP contribution in [0.5, 0.6) is 5.75 Å². The lowest BCUT2D eigenvalue weighted by molar-refractivity contribution is 0.0697. The first-order valence-corrected chi connectivity index (χ1v) is 7.77. The molecule has 126 valence electrons. The average molecular weight is 329 g/mol. The van der Waals surface area contributed by atoms with Crippen molar-refractivity contribution in [1.82, 2.24) is 9.97 Å². The minimum Gasteiger partial charge on any atom is -0.497 e. The van der Waals surface area contributed by atoms with Crippen LogP contribution in [0.15, 0.2) is 30.5 Å². The Bertz CT molecular complexity index is 712. The van der Waals surface area contributed by atoms with Crippen molar-refractivity contribution in [2.24, 2.45) is 0 Å². The Kier molecular flexibility index (Phi) is 4.90. The maximum absolute atomic E-state index is 11.5. The Morgan fingerprint density at radius 3 is 2.83 bits per heavy atom. The highest BCUT2D eigenvalue weighted by atomic mass is 16.5. The smallest absolute Gasteiger partial charge is 0.339 e. The molecule has 0 bridgehead atoms. The first kappa shape index (κ1) is 16.2. The molecule has 0 amide bonds. The largest absolute Gasteiger partial charge is 0.497 e. The van der Waals surface area contributed by atoms with Crippen LogP contribution in [0, 0.1) is 0 Å². The standard InChI is InChI=1S/C17H19N3O4/c1-23-12-6-4-11(5-7-12)15-14(16(21)22)10-19-17(20-15)18-9-13-3-2-8-24-13/h4-7,10,13H,2-3,8-9H2,1H3,(H,21,22)(H,18,19,20)/t13-/m1/s1. The normalized spacial score (nSPS) is 16.8. The number of carboxylic acid groups (broad SMARTS) is 1. The van der Waals surface area contributed by atoms with Crippen LogP contribution < -0.4 is 10.1 Å². The predicted octanol–water partition coefficient (Wildman–Crippen LogP) is 2.44. The number of rotatable bonds is 6. The zero-order valence-corrected chi connectivity index (χ0v) is 13.4. The van der Waals surface area contributed by atoms with Crippen molar-refractivity contribution in [3.05, 3.63) is 36.0 Å². The van der Waals surface area contributed by atoms with Crippen LogP contribution in [0.2, 0.25) is 0 Å². The number of benzene rings is 1. The number of hydrogen-bond acceptors (Lipinski definition) is 6. The third-order valence-electron chi connectivity index (χ3n) is 3.89. The van der Waals surface area contributed by atoms with E-state index in [0.29, 0.717) is 29.5 Å². The lowest BCUT2D eigenvalue weighted by Gasteiger charge is -2.12. The van der Waals surface area contributed by atoms with Crippen molar-refractivity contribution < 1.29 is 19.4 Å². The summed E-state index contributed by atoms with van der Waals surface area (Å²) in [5.74, 6) is 0.0224. The number of aromatic carboxylic acids is 1. The highest BCUT2D eigenvalue weighted by Gasteiger charge is 2.18. The summed E-state index contributed by atoms with van der Waals surface area (Å²) in [6, 6.07) is 7.08. The van der Waals surface area contributed by atoms with Crippen molar-refractivity contribution >= 4 is 11.9 Å². The summed E-state index contributed by atoms with van der Waals surface area (Å²) in [6.07, 6.45) is 3.54. The summed E-state index contributed by atoms with van der Waals surface area (Å²) in [5.41, 5.74) is 1.12. The molecule has 3 rings (SSSR count). The number of ether oxygens (including phenoxy) is 2. The number of nitrogens with zero attached hydrogens (tertiary/aromatic N) is 2. The molecular formula is C17H19N3O4. The van der Waals surface area contributed by atoms with Gasteiger partial charge in [-0.3, -0.25) is 0 Å². The Labute approximate surface area is 139 Å². The highest BCUT2D eigenvalue weighted by Crippen LogP contribution is 2.25. The molecule has 0 aliphatic carbocycles. The molecule has 1 aromatic heterocycles. The van der Waals surface area contributed by atoms with E-state index in [2.05, 4.69) is 15.3 Å². The SMILES string of the molecule is COc1ccc(-c2nc(NC[C@H]3CCCO3)ncc2C(=O)O)cc1. The third kappa shape index (κ3) is 3.62. The number of carbonyl (C=O) groups is 1. The maximum Gasteiger partial charge on any atom is 0.339 e. The second-order valence-electron chi connectivity index (χ2n) is 5.51. The van der Waals surface area contributed by atoms with Crippen LogP contribution >= 0.6 is 0 Å². The quantitative estimate of drug-likeness (QED) is 0.840. The average Bonchev–Trinajstić information content (AvgIpc) is 3.13. The molecule has 0 saturated carbocycles. The molecule has 2 aromatic rings. The van der Waals surface area contributed by atoms with E-state index in [4.69, 9.17) is 9.47 Å². The summed E-state index contributed by atoms with van der Waals surface area (Å²) in [4.78, 5) is 19.9. The number of anilines is 1. The fraction of sp³-hybridized carbons (Fsp3) is 0.353. The van der Waals surface area contributed by atoms with E-state index >= 15 is 0 Å². The molecule has 1 atom stereocenters. The van der Waals surface area contributed by atoms with Gasteiger partial charge in [0.15, 0.2) is 0 Å². The Morgan fingerprint density at radius 2 is 2.21 bits per heavy atom. The minimum atomic E-state index is -1.06. The van der Waals surface area contributed by atoms with E-state index in [-0.39, 0.29) is 11.7 Å². The molecule has 2 N–H and O–H groups in total. The fourth-order valence-corrected chi connectivity index (χ4v) is 2.60. The van der Waals surface area contributed by atoms with Gasteiger partial charge in [0.2, 0.25) is 5.95 Å². The van der Waals surface area contributed by atoms with E-state index in [9.17, 15) is 9.90 Å². The molecule has 0 spiro atoms. The van der Waals surface area contributed by atoms with Crippen molar-refractivity contribution in [2.75, 3.05) is 25.6 Å². The Balaban J connectivity index is 1.85. The summed E-state index contributed by atoms with van der Waals surface area (Å²) >= 11 is 0. The second kappa shape index (κ2) is 7.27. The minimum absolute atomic E-state index is 0.0582. The van der Waals surface area contributed by atoms with Gasteiger partial charge in [-0.2, -0.15) is 0 Å². The first-order valence-electron chi connectivity index (χ1n) is 7.77. The highest BCUT2D eigenvalue weighted by molar-refractivity contribution is 5.94. The summed E-state index contributed by atoms with van der Waals surface area (Å²) < 4.78 is 10.7.